The van der Waals surface area contributed by atoms with Gasteiger partial charge in [0.15, 0.2) is 0 Å². The van der Waals surface area contributed by atoms with Gasteiger partial charge in [0.25, 0.3) is 5.91 Å². The van der Waals surface area contributed by atoms with Crippen molar-refractivity contribution >= 4 is 11.9 Å². The molecule has 0 atom stereocenters. The van der Waals surface area contributed by atoms with E-state index in [2.05, 4.69) is 0 Å². The summed E-state index contributed by atoms with van der Waals surface area (Å²) in [5, 5.41) is 9.14. The average molecular weight is 325 g/mol. The van der Waals surface area contributed by atoms with Crippen LogP contribution in [-0.4, -0.2) is 35.5 Å². The van der Waals surface area contributed by atoms with Crippen LogP contribution in [0.4, 0.5) is 0 Å². The summed E-state index contributed by atoms with van der Waals surface area (Å²) in [6, 6.07) is 12.5. The zero-order chi connectivity index (χ0) is 17.1. The SMILES string of the molecule is COCc1ccccc1C(=O)N1CCc2ccc(C(=O)O)cc2C1. The maximum atomic E-state index is 12.9. The van der Waals surface area contributed by atoms with Crippen molar-refractivity contribution in [1.29, 1.82) is 0 Å². The molecule has 0 saturated carbocycles. The van der Waals surface area contributed by atoms with Gasteiger partial charge >= 0.3 is 5.97 Å². The summed E-state index contributed by atoms with van der Waals surface area (Å²) < 4.78 is 5.17. The van der Waals surface area contributed by atoms with E-state index >= 15 is 0 Å². The van der Waals surface area contributed by atoms with Gasteiger partial charge in [-0.25, -0.2) is 4.79 Å². The molecule has 3 rings (SSSR count). The fraction of sp³-hybridized carbons (Fsp3) is 0.263. The van der Waals surface area contributed by atoms with Crippen LogP contribution >= 0.6 is 0 Å². The zero-order valence-electron chi connectivity index (χ0n) is 13.5. The number of hydrogen-bond donors (Lipinski definition) is 1. The van der Waals surface area contributed by atoms with Crippen LogP contribution in [0.3, 0.4) is 0 Å². The van der Waals surface area contributed by atoms with Gasteiger partial charge in [0.1, 0.15) is 0 Å². The van der Waals surface area contributed by atoms with Crippen molar-refractivity contribution in [3.8, 4) is 0 Å². The summed E-state index contributed by atoms with van der Waals surface area (Å²) >= 11 is 0. The summed E-state index contributed by atoms with van der Waals surface area (Å²) in [4.78, 5) is 25.8. The molecule has 0 bridgehead atoms. The molecule has 1 aliphatic heterocycles. The Balaban J connectivity index is 1.86. The fourth-order valence-corrected chi connectivity index (χ4v) is 3.04. The number of carbonyl (C=O) groups is 2. The second-order valence-corrected chi connectivity index (χ2v) is 5.86. The number of fused-ring (bicyclic) bond motifs is 1. The number of aromatic carboxylic acids is 1. The quantitative estimate of drug-likeness (QED) is 0.938. The third-order valence-electron chi connectivity index (χ3n) is 4.30. The van der Waals surface area contributed by atoms with Gasteiger partial charge < -0.3 is 14.7 Å². The standard InChI is InChI=1S/C19H19NO4/c1-24-12-15-4-2-3-5-17(15)18(21)20-9-8-13-6-7-14(19(22)23)10-16(13)11-20/h2-7,10H,8-9,11-12H2,1H3,(H,22,23). The van der Waals surface area contributed by atoms with E-state index in [1.54, 1.807) is 30.2 Å². The highest BCUT2D eigenvalue weighted by Gasteiger charge is 2.24. The summed E-state index contributed by atoms with van der Waals surface area (Å²) in [5.41, 5.74) is 3.75. The highest BCUT2D eigenvalue weighted by Crippen LogP contribution is 2.23. The first-order valence-corrected chi connectivity index (χ1v) is 7.81. The molecule has 0 radical (unpaired) electrons. The molecule has 2 aromatic rings. The van der Waals surface area contributed by atoms with Crippen LogP contribution in [-0.2, 0) is 24.3 Å². The number of hydrogen-bond acceptors (Lipinski definition) is 3. The van der Waals surface area contributed by atoms with Crippen molar-refractivity contribution in [3.63, 3.8) is 0 Å². The molecule has 1 heterocycles. The topological polar surface area (TPSA) is 66.8 Å². The van der Waals surface area contributed by atoms with Crippen LogP contribution in [0.25, 0.3) is 0 Å². The van der Waals surface area contributed by atoms with Crippen molar-refractivity contribution in [2.24, 2.45) is 0 Å². The normalized spacial score (nSPS) is 13.5. The fourth-order valence-electron chi connectivity index (χ4n) is 3.04. The van der Waals surface area contributed by atoms with Crippen molar-refractivity contribution in [2.75, 3.05) is 13.7 Å². The molecule has 0 spiro atoms. The van der Waals surface area contributed by atoms with Crippen LogP contribution in [0, 0.1) is 0 Å². The van der Waals surface area contributed by atoms with Crippen molar-refractivity contribution in [2.45, 2.75) is 19.6 Å². The van der Waals surface area contributed by atoms with Gasteiger partial charge in [-0.2, -0.15) is 0 Å². The Morgan fingerprint density at radius 2 is 1.96 bits per heavy atom. The first-order chi connectivity index (χ1) is 11.6. The molecule has 0 aromatic heterocycles. The second-order valence-electron chi connectivity index (χ2n) is 5.86. The first-order valence-electron chi connectivity index (χ1n) is 7.81. The van der Waals surface area contributed by atoms with Gasteiger partial charge in [0, 0.05) is 25.8 Å². The van der Waals surface area contributed by atoms with Crippen molar-refractivity contribution in [1.82, 2.24) is 4.90 Å². The molecule has 1 amide bonds. The van der Waals surface area contributed by atoms with E-state index in [-0.39, 0.29) is 11.5 Å². The minimum absolute atomic E-state index is 0.0472. The monoisotopic (exact) mass is 325 g/mol. The Kier molecular flexibility index (Phi) is 4.62. The van der Waals surface area contributed by atoms with E-state index in [0.717, 1.165) is 23.1 Å². The molecule has 5 nitrogen and oxygen atoms in total. The van der Waals surface area contributed by atoms with Gasteiger partial charge in [-0.1, -0.05) is 24.3 Å². The summed E-state index contributed by atoms with van der Waals surface area (Å²) in [6.45, 7) is 1.44. The summed E-state index contributed by atoms with van der Waals surface area (Å²) in [5.74, 6) is -0.999. The van der Waals surface area contributed by atoms with E-state index in [1.807, 2.05) is 24.3 Å². The molecule has 0 unspecified atom stereocenters. The largest absolute Gasteiger partial charge is 0.478 e. The Hall–Kier alpha value is -2.66. The molecule has 1 aliphatic rings. The third kappa shape index (κ3) is 3.16. The molecule has 0 aliphatic carbocycles. The molecule has 124 valence electrons. The van der Waals surface area contributed by atoms with Crippen LogP contribution in [0.5, 0.6) is 0 Å². The molecule has 24 heavy (non-hydrogen) atoms. The average Bonchev–Trinajstić information content (AvgIpc) is 2.61. The smallest absolute Gasteiger partial charge is 0.335 e. The Labute approximate surface area is 140 Å². The van der Waals surface area contributed by atoms with Gasteiger partial charge in [-0.05, 0) is 41.3 Å². The zero-order valence-corrected chi connectivity index (χ0v) is 13.5. The van der Waals surface area contributed by atoms with Gasteiger partial charge in [-0.3, -0.25) is 4.79 Å². The van der Waals surface area contributed by atoms with E-state index in [4.69, 9.17) is 9.84 Å². The predicted octanol–water partition coefficient (Wildman–Crippen LogP) is 2.73. The van der Waals surface area contributed by atoms with Crippen LogP contribution in [0.2, 0.25) is 0 Å². The lowest BCUT2D eigenvalue weighted by atomic mass is 9.96. The molecule has 0 saturated heterocycles. The lowest BCUT2D eigenvalue weighted by Crippen LogP contribution is -2.36. The van der Waals surface area contributed by atoms with E-state index in [9.17, 15) is 9.59 Å². The Bertz CT molecular complexity index is 785. The van der Waals surface area contributed by atoms with Gasteiger partial charge in [0.05, 0.1) is 12.2 Å². The molecule has 5 heteroatoms. The molecular weight excluding hydrogens is 306 g/mol. The number of methoxy groups -OCH3 is 1. The highest BCUT2D eigenvalue weighted by atomic mass is 16.5. The van der Waals surface area contributed by atoms with Gasteiger partial charge in [-0.15, -0.1) is 0 Å². The summed E-state index contributed by atoms with van der Waals surface area (Å²) in [7, 11) is 1.60. The lowest BCUT2D eigenvalue weighted by Gasteiger charge is -2.29. The van der Waals surface area contributed by atoms with Crippen molar-refractivity contribution in [3.05, 3.63) is 70.3 Å². The molecule has 2 aromatic carbocycles. The summed E-state index contributed by atoms with van der Waals surface area (Å²) in [6.07, 6.45) is 0.730. The first kappa shape index (κ1) is 16.2. The molecular formula is C19H19NO4. The number of nitrogens with zero attached hydrogens (tertiary/aromatic N) is 1. The molecule has 0 fully saturated rings. The number of carboxylic acid groups (broad SMARTS) is 1. The number of carboxylic acids is 1. The number of ether oxygens (including phenoxy) is 1. The third-order valence-corrected chi connectivity index (χ3v) is 4.30. The van der Waals surface area contributed by atoms with Crippen LogP contribution < -0.4 is 0 Å². The van der Waals surface area contributed by atoms with E-state index in [0.29, 0.717) is 25.3 Å². The van der Waals surface area contributed by atoms with Crippen LogP contribution in [0.15, 0.2) is 42.5 Å². The predicted molar refractivity (Wildman–Crippen MR) is 89.0 cm³/mol. The minimum atomic E-state index is -0.952. The second kappa shape index (κ2) is 6.84. The minimum Gasteiger partial charge on any atom is -0.478 e. The maximum Gasteiger partial charge on any atom is 0.335 e. The van der Waals surface area contributed by atoms with E-state index in [1.165, 1.54) is 0 Å². The van der Waals surface area contributed by atoms with Gasteiger partial charge in [0.2, 0.25) is 0 Å². The number of rotatable bonds is 4. The highest BCUT2D eigenvalue weighted by molar-refractivity contribution is 5.96. The molecule has 1 N–H and O–H groups in total. The maximum absolute atomic E-state index is 12.9. The number of carbonyl (C=O) groups excluding carboxylic acids is 1. The number of benzene rings is 2. The Morgan fingerprint density at radius 3 is 2.71 bits per heavy atom. The van der Waals surface area contributed by atoms with E-state index < -0.39 is 5.97 Å². The lowest BCUT2D eigenvalue weighted by molar-refractivity contribution is 0.0696. The van der Waals surface area contributed by atoms with Crippen LogP contribution in [0.1, 0.15) is 37.4 Å². The Morgan fingerprint density at radius 1 is 1.17 bits per heavy atom. The van der Waals surface area contributed by atoms with Crippen molar-refractivity contribution < 1.29 is 19.4 Å². The number of amides is 1.